The van der Waals surface area contributed by atoms with Crippen LogP contribution in [0.15, 0.2) is 58.8 Å². The van der Waals surface area contributed by atoms with Gasteiger partial charge in [0.25, 0.3) is 11.6 Å². The molecule has 13 heteroatoms. The van der Waals surface area contributed by atoms with Gasteiger partial charge in [-0.3, -0.25) is 14.9 Å². The van der Waals surface area contributed by atoms with Crippen LogP contribution in [-0.4, -0.2) is 49.9 Å². The van der Waals surface area contributed by atoms with Crippen molar-refractivity contribution in [2.24, 2.45) is 5.10 Å². The fourth-order valence-corrected chi connectivity index (χ4v) is 3.42. The summed E-state index contributed by atoms with van der Waals surface area (Å²) < 4.78 is 15.7. The molecule has 1 aliphatic rings. The molecule has 3 N–H and O–H groups in total. The van der Waals surface area contributed by atoms with Crippen molar-refractivity contribution in [3.05, 3.63) is 75.0 Å². The van der Waals surface area contributed by atoms with E-state index in [1.165, 1.54) is 38.5 Å². The highest BCUT2D eigenvalue weighted by atomic mass is 16.6. The molecule has 36 heavy (non-hydrogen) atoms. The summed E-state index contributed by atoms with van der Waals surface area (Å²) in [5, 5.41) is 20.0. The maximum absolute atomic E-state index is 12.3. The number of nitro groups is 1. The monoisotopic (exact) mass is 497 g/mol. The Morgan fingerprint density at radius 2 is 1.94 bits per heavy atom. The van der Waals surface area contributed by atoms with Crippen molar-refractivity contribution in [1.29, 1.82) is 0 Å². The van der Waals surface area contributed by atoms with Gasteiger partial charge in [-0.1, -0.05) is 18.2 Å². The third-order valence-corrected chi connectivity index (χ3v) is 5.08. The molecule has 13 nitrogen and oxygen atoms in total. The highest BCUT2D eigenvalue weighted by Gasteiger charge is 2.32. The van der Waals surface area contributed by atoms with Gasteiger partial charge in [0.05, 0.1) is 42.5 Å². The number of ether oxygens (including phenoxy) is 3. The van der Waals surface area contributed by atoms with E-state index < -0.39 is 35.5 Å². The number of rotatable bonds is 9. The van der Waals surface area contributed by atoms with Gasteiger partial charge >= 0.3 is 12.0 Å². The molecule has 2 aromatic carbocycles. The van der Waals surface area contributed by atoms with Crippen molar-refractivity contribution in [2.75, 3.05) is 20.8 Å². The zero-order chi connectivity index (χ0) is 26.2. The summed E-state index contributed by atoms with van der Waals surface area (Å²) in [6, 6.07) is 9.35. The number of methoxy groups -OCH3 is 2. The molecule has 1 heterocycles. The number of allylic oxidation sites excluding steroid dienone is 1. The topological polar surface area (TPSA) is 170 Å². The predicted octanol–water partition coefficient (Wildman–Crippen LogP) is 1.93. The van der Waals surface area contributed by atoms with Crippen molar-refractivity contribution >= 4 is 29.8 Å². The molecule has 2 aromatic rings. The number of para-hydroxylation sites is 1. The Hall–Kier alpha value is -4.94. The first-order valence-electron chi connectivity index (χ1n) is 10.5. The predicted molar refractivity (Wildman–Crippen MR) is 126 cm³/mol. The van der Waals surface area contributed by atoms with Crippen LogP contribution in [0.2, 0.25) is 0 Å². The maximum Gasteiger partial charge on any atom is 0.337 e. The average molecular weight is 497 g/mol. The van der Waals surface area contributed by atoms with Crippen LogP contribution in [0.5, 0.6) is 11.5 Å². The lowest BCUT2D eigenvalue weighted by Crippen LogP contribution is -2.45. The molecule has 0 bridgehead atoms. The first-order valence-corrected chi connectivity index (χ1v) is 10.5. The highest BCUT2D eigenvalue weighted by molar-refractivity contribution is 5.95. The highest BCUT2D eigenvalue weighted by Crippen LogP contribution is 2.34. The summed E-state index contributed by atoms with van der Waals surface area (Å²) in [5.74, 6) is -0.756. The zero-order valence-electron chi connectivity index (χ0n) is 19.6. The van der Waals surface area contributed by atoms with Crippen molar-refractivity contribution in [1.82, 2.24) is 16.1 Å². The van der Waals surface area contributed by atoms with Crippen LogP contribution < -0.4 is 25.5 Å². The molecule has 0 aromatic heterocycles. The van der Waals surface area contributed by atoms with Gasteiger partial charge < -0.3 is 24.8 Å². The number of amides is 3. The number of hydrazone groups is 1. The van der Waals surface area contributed by atoms with Gasteiger partial charge in [-0.05, 0) is 30.7 Å². The van der Waals surface area contributed by atoms with Crippen LogP contribution in [-0.2, 0) is 14.3 Å². The Labute approximate surface area is 205 Å². The number of nitrogens with zero attached hydrogens (tertiary/aromatic N) is 2. The number of nitro benzene ring substituents is 1. The van der Waals surface area contributed by atoms with Crippen LogP contribution >= 0.6 is 0 Å². The van der Waals surface area contributed by atoms with Gasteiger partial charge in [-0.15, -0.1) is 0 Å². The second-order valence-corrected chi connectivity index (χ2v) is 7.37. The van der Waals surface area contributed by atoms with Crippen molar-refractivity contribution in [3.8, 4) is 11.5 Å². The van der Waals surface area contributed by atoms with Crippen molar-refractivity contribution in [3.63, 3.8) is 0 Å². The number of urea groups is 1. The van der Waals surface area contributed by atoms with Crippen molar-refractivity contribution in [2.45, 2.75) is 13.0 Å². The molecule has 0 aliphatic carbocycles. The number of carbonyl (C=O) groups excluding carboxylic acids is 3. The Kier molecular flexibility index (Phi) is 8.18. The van der Waals surface area contributed by atoms with E-state index in [2.05, 4.69) is 21.2 Å². The molecule has 0 unspecified atom stereocenters. The lowest BCUT2D eigenvalue weighted by molar-refractivity contribution is -0.385. The molecule has 1 aliphatic heterocycles. The molecule has 0 spiro atoms. The standard InChI is InChI=1S/C23H23N5O8/c1-13-20(22(30)35-3)21(26-23(31)25-13)14-8-9-17(18(10-14)34-2)36-12-19(29)27-24-11-15-6-4-5-7-16(15)28(32)33/h4-11,21H,12H2,1-3H3,(H,27,29)(H2,25,26,31)/b24-11-/t21-/m1/s1. The van der Waals surface area contributed by atoms with E-state index in [4.69, 9.17) is 14.2 Å². The molecule has 0 saturated carbocycles. The molecular weight excluding hydrogens is 474 g/mol. The van der Waals surface area contributed by atoms with Crippen LogP contribution in [0.4, 0.5) is 10.5 Å². The Balaban J connectivity index is 1.69. The Morgan fingerprint density at radius 3 is 2.64 bits per heavy atom. The molecule has 3 amide bonds. The van der Waals surface area contributed by atoms with E-state index in [1.807, 2.05) is 0 Å². The minimum atomic E-state index is -0.797. The molecule has 3 rings (SSSR count). The van der Waals surface area contributed by atoms with E-state index in [-0.39, 0.29) is 28.3 Å². The summed E-state index contributed by atoms with van der Waals surface area (Å²) in [7, 11) is 2.64. The van der Waals surface area contributed by atoms with Gasteiger partial charge in [-0.25, -0.2) is 15.0 Å². The van der Waals surface area contributed by atoms with Crippen LogP contribution in [0.1, 0.15) is 24.1 Å². The van der Waals surface area contributed by atoms with E-state index in [1.54, 1.807) is 25.1 Å². The van der Waals surface area contributed by atoms with Crippen LogP contribution in [0.25, 0.3) is 0 Å². The summed E-state index contributed by atoms with van der Waals surface area (Å²) in [5.41, 5.74) is 3.41. The number of carbonyl (C=O) groups is 3. The summed E-state index contributed by atoms with van der Waals surface area (Å²) >= 11 is 0. The number of hydrogen-bond acceptors (Lipinski definition) is 9. The summed E-state index contributed by atoms with van der Waals surface area (Å²) in [6.45, 7) is 1.16. The molecule has 0 radical (unpaired) electrons. The van der Waals surface area contributed by atoms with Gasteiger partial charge in [0.2, 0.25) is 0 Å². The first kappa shape index (κ1) is 25.7. The number of nitrogens with one attached hydrogen (secondary N) is 3. The SMILES string of the molecule is COC(=O)C1=C(C)NC(=O)N[C@@H]1c1ccc(OCC(=O)N/N=C\c2ccccc2[N+](=O)[O-])c(OC)c1. The minimum Gasteiger partial charge on any atom is -0.493 e. The zero-order valence-corrected chi connectivity index (χ0v) is 19.6. The third-order valence-electron chi connectivity index (χ3n) is 5.08. The lowest BCUT2D eigenvalue weighted by Gasteiger charge is -2.28. The van der Waals surface area contributed by atoms with Gasteiger partial charge in [0.15, 0.2) is 18.1 Å². The number of esters is 1. The summed E-state index contributed by atoms with van der Waals surface area (Å²) in [4.78, 5) is 46.9. The van der Waals surface area contributed by atoms with Gasteiger partial charge in [0.1, 0.15) is 0 Å². The molecular formula is C23H23N5O8. The number of benzene rings is 2. The van der Waals surface area contributed by atoms with Crippen LogP contribution in [0.3, 0.4) is 0 Å². The summed E-state index contributed by atoms with van der Waals surface area (Å²) in [6.07, 6.45) is 1.16. The molecule has 0 saturated heterocycles. The third kappa shape index (κ3) is 5.94. The average Bonchev–Trinajstić information content (AvgIpc) is 2.86. The van der Waals surface area contributed by atoms with Crippen LogP contribution in [0, 0.1) is 10.1 Å². The second kappa shape index (κ2) is 11.5. The lowest BCUT2D eigenvalue weighted by atomic mass is 9.95. The quantitative estimate of drug-likeness (QED) is 0.204. The van der Waals surface area contributed by atoms with Gasteiger partial charge in [0, 0.05) is 11.8 Å². The van der Waals surface area contributed by atoms with Gasteiger partial charge in [-0.2, -0.15) is 5.10 Å². The fraction of sp³-hybridized carbons (Fsp3) is 0.217. The van der Waals surface area contributed by atoms with E-state index in [0.717, 1.165) is 6.21 Å². The Bertz CT molecular complexity index is 1260. The minimum absolute atomic E-state index is 0.151. The first-order chi connectivity index (χ1) is 17.2. The fourth-order valence-electron chi connectivity index (χ4n) is 3.42. The molecule has 188 valence electrons. The smallest absolute Gasteiger partial charge is 0.337 e. The second-order valence-electron chi connectivity index (χ2n) is 7.37. The van der Waals surface area contributed by atoms with Crippen molar-refractivity contribution < 1.29 is 33.5 Å². The molecule has 0 fully saturated rings. The normalized spacial score (nSPS) is 15.1. The van der Waals surface area contributed by atoms with E-state index >= 15 is 0 Å². The number of hydrogen-bond donors (Lipinski definition) is 3. The maximum atomic E-state index is 12.3. The molecule has 1 atom stereocenters. The van der Waals surface area contributed by atoms with E-state index in [0.29, 0.717) is 11.3 Å². The Morgan fingerprint density at radius 1 is 1.19 bits per heavy atom. The van der Waals surface area contributed by atoms with E-state index in [9.17, 15) is 24.5 Å². The largest absolute Gasteiger partial charge is 0.493 e.